The van der Waals surface area contributed by atoms with Crippen LogP contribution in [0.2, 0.25) is 10.0 Å². The van der Waals surface area contributed by atoms with E-state index in [1.54, 1.807) is 32.0 Å². The highest BCUT2D eigenvalue weighted by molar-refractivity contribution is 7.92. The van der Waals surface area contributed by atoms with Crippen molar-refractivity contribution in [3.05, 3.63) is 63.6 Å². The molecule has 1 N–H and O–H groups in total. The molecule has 0 heterocycles. The van der Waals surface area contributed by atoms with E-state index >= 15 is 0 Å². The second kappa shape index (κ2) is 11.8. The fraction of sp³-hybridized carbons (Fsp3) is 0.364. The van der Waals surface area contributed by atoms with Crippen LogP contribution in [-0.2, 0) is 26.2 Å². The van der Waals surface area contributed by atoms with E-state index in [4.69, 9.17) is 23.2 Å². The zero-order valence-corrected chi connectivity index (χ0v) is 21.1. The third-order valence-electron chi connectivity index (χ3n) is 5.00. The van der Waals surface area contributed by atoms with Crippen molar-refractivity contribution in [2.75, 3.05) is 23.7 Å². The number of benzene rings is 2. The van der Waals surface area contributed by atoms with Crippen molar-refractivity contribution >= 4 is 50.7 Å². The van der Waals surface area contributed by atoms with Gasteiger partial charge in [-0.05, 0) is 37.6 Å². The number of rotatable bonds is 10. The van der Waals surface area contributed by atoms with Crippen molar-refractivity contribution in [2.45, 2.75) is 32.9 Å². The van der Waals surface area contributed by atoms with Gasteiger partial charge in [-0.2, -0.15) is 0 Å². The topological polar surface area (TPSA) is 86.8 Å². The molecule has 0 spiro atoms. The lowest BCUT2D eigenvalue weighted by Crippen LogP contribution is -2.52. The van der Waals surface area contributed by atoms with Crippen LogP contribution in [0.3, 0.4) is 0 Å². The smallest absolute Gasteiger partial charge is 0.244 e. The summed E-state index contributed by atoms with van der Waals surface area (Å²) in [4.78, 5) is 27.3. The van der Waals surface area contributed by atoms with E-state index in [2.05, 4.69) is 5.32 Å². The highest BCUT2D eigenvalue weighted by Crippen LogP contribution is 2.28. The van der Waals surface area contributed by atoms with Gasteiger partial charge in [0.15, 0.2) is 11.6 Å². The van der Waals surface area contributed by atoms with Crippen LogP contribution < -0.4 is 9.62 Å². The molecule has 2 amide bonds. The van der Waals surface area contributed by atoms with Gasteiger partial charge in [0.2, 0.25) is 21.8 Å². The molecule has 34 heavy (non-hydrogen) atoms. The number of carbonyl (C=O) groups excluding carboxylic acids is 2. The maximum atomic E-state index is 13.8. The SMILES string of the molecule is CCNC(=O)C(CC)N(Cc1c(Cl)cccc1Cl)C(=O)CN(c1ccc(F)c(F)c1)S(C)(=O)=O. The van der Waals surface area contributed by atoms with Gasteiger partial charge in [0.25, 0.3) is 0 Å². The van der Waals surface area contributed by atoms with E-state index in [9.17, 15) is 26.8 Å². The van der Waals surface area contributed by atoms with Gasteiger partial charge >= 0.3 is 0 Å². The second-order valence-corrected chi connectivity index (χ2v) is 10.1. The average Bonchev–Trinajstić information content (AvgIpc) is 2.75. The molecule has 186 valence electrons. The molecular formula is C22H25Cl2F2N3O4S. The molecule has 0 radical (unpaired) electrons. The zero-order chi connectivity index (χ0) is 25.6. The van der Waals surface area contributed by atoms with Crippen LogP contribution >= 0.6 is 23.2 Å². The van der Waals surface area contributed by atoms with Gasteiger partial charge in [-0.25, -0.2) is 17.2 Å². The summed E-state index contributed by atoms with van der Waals surface area (Å²) in [5.41, 5.74) is 0.136. The predicted molar refractivity (Wildman–Crippen MR) is 128 cm³/mol. The number of hydrogen-bond donors (Lipinski definition) is 1. The van der Waals surface area contributed by atoms with E-state index in [0.717, 1.165) is 18.4 Å². The van der Waals surface area contributed by atoms with Crippen LogP contribution in [0.4, 0.5) is 14.5 Å². The number of nitrogens with one attached hydrogen (secondary N) is 1. The first kappa shape index (κ1) is 27.8. The summed E-state index contributed by atoms with van der Waals surface area (Å²) in [7, 11) is -4.08. The summed E-state index contributed by atoms with van der Waals surface area (Å²) in [5, 5.41) is 3.18. The molecule has 0 saturated heterocycles. The molecule has 7 nitrogen and oxygen atoms in total. The van der Waals surface area contributed by atoms with Crippen molar-refractivity contribution < 1.29 is 26.8 Å². The average molecular weight is 536 g/mol. The van der Waals surface area contributed by atoms with Gasteiger partial charge in [-0.1, -0.05) is 36.2 Å². The molecule has 0 fully saturated rings. The third-order valence-corrected chi connectivity index (χ3v) is 6.85. The van der Waals surface area contributed by atoms with Gasteiger partial charge in [0, 0.05) is 34.8 Å². The zero-order valence-electron chi connectivity index (χ0n) is 18.8. The summed E-state index contributed by atoms with van der Waals surface area (Å²) in [6, 6.07) is 6.29. The fourth-order valence-corrected chi connectivity index (χ4v) is 4.68. The number of amides is 2. The molecule has 1 atom stereocenters. The summed E-state index contributed by atoms with van der Waals surface area (Å²) >= 11 is 12.5. The minimum absolute atomic E-state index is 0.178. The van der Waals surface area contributed by atoms with Crippen molar-refractivity contribution in [1.29, 1.82) is 0 Å². The van der Waals surface area contributed by atoms with Crippen LogP contribution in [0, 0.1) is 11.6 Å². The molecule has 12 heteroatoms. The van der Waals surface area contributed by atoms with Crippen LogP contribution in [0.15, 0.2) is 36.4 Å². The Morgan fingerprint density at radius 1 is 1.06 bits per heavy atom. The summed E-state index contributed by atoms with van der Waals surface area (Å²) < 4.78 is 52.7. The lowest BCUT2D eigenvalue weighted by atomic mass is 10.1. The van der Waals surface area contributed by atoms with E-state index in [0.29, 0.717) is 22.5 Å². The summed E-state index contributed by atoms with van der Waals surface area (Å²) in [5.74, 6) is -3.64. The van der Waals surface area contributed by atoms with Gasteiger partial charge in [0.05, 0.1) is 11.9 Å². The fourth-order valence-electron chi connectivity index (χ4n) is 3.32. The quantitative estimate of drug-likeness (QED) is 0.498. The highest BCUT2D eigenvalue weighted by Gasteiger charge is 2.32. The van der Waals surface area contributed by atoms with E-state index in [1.807, 2.05) is 0 Å². The second-order valence-electron chi connectivity index (χ2n) is 7.41. The number of sulfonamides is 1. The van der Waals surface area contributed by atoms with Crippen LogP contribution in [0.25, 0.3) is 0 Å². The molecule has 0 aliphatic rings. The number of nitrogens with zero attached hydrogens (tertiary/aromatic N) is 2. The molecular weight excluding hydrogens is 511 g/mol. The van der Waals surface area contributed by atoms with Crippen molar-refractivity contribution in [3.63, 3.8) is 0 Å². The van der Waals surface area contributed by atoms with Crippen molar-refractivity contribution in [1.82, 2.24) is 10.2 Å². The Morgan fingerprint density at radius 3 is 2.18 bits per heavy atom. The number of likely N-dealkylation sites (N-methyl/N-ethyl adjacent to an activating group) is 1. The lowest BCUT2D eigenvalue weighted by molar-refractivity contribution is -0.140. The Morgan fingerprint density at radius 2 is 1.68 bits per heavy atom. The minimum Gasteiger partial charge on any atom is -0.355 e. The molecule has 2 aromatic rings. The number of carbonyl (C=O) groups is 2. The first-order chi connectivity index (χ1) is 15.9. The lowest BCUT2D eigenvalue weighted by Gasteiger charge is -2.33. The van der Waals surface area contributed by atoms with Gasteiger partial charge in [-0.3, -0.25) is 13.9 Å². The maximum Gasteiger partial charge on any atom is 0.244 e. The molecule has 2 aromatic carbocycles. The number of anilines is 1. The first-order valence-electron chi connectivity index (χ1n) is 10.3. The Balaban J connectivity index is 2.51. The predicted octanol–water partition coefficient (Wildman–Crippen LogP) is 3.98. The van der Waals surface area contributed by atoms with Crippen LogP contribution in [0.1, 0.15) is 25.8 Å². The van der Waals surface area contributed by atoms with Crippen LogP contribution in [-0.4, -0.2) is 50.5 Å². The third kappa shape index (κ3) is 6.80. The van der Waals surface area contributed by atoms with E-state index in [-0.39, 0.29) is 28.7 Å². The minimum atomic E-state index is -4.08. The molecule has 0 saturated carbocycles. The monoisotopic (exact) mass is 535 g/mol. The standard InChI is InChI=1S/C22H25Cl2F2N3O4S/c1-4-20(22(31)27-5-2)28(12-15-16(23)7-6-8-17(15)24)21(30)13-29(34(3,32)33)14-9-10-18(25)19(26)11-14/h6-11,20H,4-5,12-13H2,1-3H3,(H,27,31). The molecule has 1 unspecified atom stereocenters. The highest BCUT2D eigenvalue weighted by atomic mass is 35.5. The van der Waals surface area contributed by atoms with E-state index in [1.165, 1.54) is 4.90 Å². The van der Waals surface area contributed by atoms with Gasteiger partial charge in [-0.15, -0.1) is 0 Å². The Labute approximate surface area is 207 Å². The first-order valence-corrected chi connectivity index (χ1v) is 12.9. The molecule has 2 rings (SSSR count). The number of halogens is 4. The largest absolute Gasteiger partial charge is 0.355 e. The molecule has 0 bridgehead atoms. The Hall–Kier alpha value is -2.43. The molecule has 0 aromatic heterocycles. The normalized spacial score (nSPS) is 12.2. The molecule has 0 aliphatic carbocycles. The maximum absolute atomic E-state index is 13.8. The van der Waals surface area contributed by atoms with Gasteiger partial charge in [0.1, 0.15) is 12.6 Å². The summed E-state index contributed by atoms with van der Waals surface area (Å²) in [6.07, 6.45) is 1.04. The number of hydrogen-bond acceptors (Lipinski definition) is 4. The Bertz CT molecular complexity index is 1140. The van der Waals surface area contributed by atoms with Crippen LogP contribution in [0.5, 0.6) is 0 Å². The van der Waals surface area contributed by atoms with Crippen molar-refractivity contribution in [3.8, 4) is 0 Å². The molecule has 0 aliphatic heterocycles. The Kier molecular flexibility index (Phi) is 9.66. The van der Waals surface area contributed by atoms with Crippen molar-refractivity contribution in [2.24, 2.45) is 0 Å². The van der Waals surface area contributed by atoms with E-state index < -0.39 is 46.1 Å². The van der Waals surface area contributed by atoms with Gasteiger partial charge < -0.3 is 10.2 Å². The summed E-state index contributed by atoms with van der Waals surface area (Å²) in [6.45, 7) is 2.78.